The van der Waals surface area contributed by atoms with E-state index in [9.17, 15) is 8.42 Å². The molecule has 1 saturated heterocycles. The summed E-state index contributed by atoms with van der Waals surface area (Å²) in [5.74, 6) is 0.268. The van der Waals surface area contributed by atoms with Gasteiger partial charge >= 0.3 is 0 Å². The summed E-state index contributed by atoms with van der Waals surface area (Å²) in [6, 6.07) is 0.285. The normalized spacial score (nSPS) is 20.4. The molecule has 0 amide bonds. The summed E-state index contributed by atoms with van der Waals surface area (Å²) in [5, 5.41) is 3.35. The molecule has 1 aliphatic rings. The van der Waals surface area contributed by atoms with Crippen molar-refractivity contribution in [2.24, 2.45) is 0 Å². The zero-order chi connectivity index (χ0) is 14.5. The Kier molecular flexibility index (Phi) is 6.23. The van der Waals surface area contributed by atoms with E-state index in [1.807, 2.05) is 7.05 Å². The Morgan fingerprint density at radius 2 is 1.89 bits per heavy atom. The third-order valence-corrected chi connectivity index (χ3v) is 5.07. The highest BCUT2D eigenvalue weighted by atomic mass is 32.2. The van der Waals surface area contributed by atoms with Crippen molar-refractivity contribution >= 4 is 9.84 Å². The first-order valence-corrected chi connectivity index (χ1v) is 9.01. The lowest BCUT2D eigenvalue weighted by molar-refractivity contribution is -0.0234. The van der Waals surface area contributed by atoms with Crippen LogP contribution in [0.3, 0.4) is 0 Å². The number of likely N-dealkylation sites (N-methyl/N-ethyl adjacent to an activating group) is 1. The highest BCUT2D eigenvalue weighted by molar-refractivity contribution is 7.90. The molecular weight excluding hydrogens is 264 g/mol. The number of nitrogens with one attached hydrogen (secondary N) is 1. The summed E-state index contributed by atoms with van der Waals surface area (Å²) in [4.78, 5) is 2.43. The van der Waals surface area contributed by atoms with E-state index in [1.54, 1.807) is 0 Å². The van der Waals surface area contributed by atoms with Crippen molar-refractivity contribution in [1.82, 2.24) is 10.2 Å². The second-order valence-electron chi connectivity index (χ2n) is 5.87. The van der Waals surface area contributed by atoms with Gasteiger partial charge in [0.2, 0.25) is 0 Å². The maximum Gasteiger partial charge on any atom is 0.147 e. The van der Waals surface area contributed by atoms with Gasteiger partial charge in [0.05, 0.1) is 13.2 Å². The molecule has 0 aromatic heterocycles. The van der Waals surface area contributed by atoms with E-state index in [1.165, 1.54) is 6.26 Å². The van der Waals surface area contributed by atoms with Crippen LogP contribution >= 0.6 is 0 Å². The van der Waals surface area contributed by atoms with Gasteiger partial charge in [-0.2, -0.15) is 0 Å². The molecule has 1 rings (SSSR count). The Bertz CT molecular complexity index is 362. The number of hydrogen-bond acceptors (Lipinski definition) is 5. The summed E-state index contributed by atoms with van der Waals surface area (Å²) in [5.41, 5.74) is 0.00995. The summed E-state index contributed by atoms with van der Waals surface area (Å²) in [7, 11) is -0.908. The number of hydrogen-bond donors (Lipinski definition) is 1. The monoisotopic (exact) mass is 292 g/mol. The zero-order valence-electron chi connectivity index (χ0n) is 12.6. The van der Waals surface area contributed by atoms with E-state index in [2.05, 4.69) is 24.1 Å². The number of morpholine rings is 1. The lowest BCUT2D eigenvalue weighted by atomic mass is 9.89. The van der Waals surface area contributed by atoms with Crippen LogP contribution in [0.2, 0.25) is 0 Å². The predicted molar refractivity (Wildman–Crippen MR) is 78.3 cm³/mol. The van der Waals surface area contributed by atoms with Gasteiger partial charge in [0.15, 0.2) is 0 Å². The first-order chi connectivity index (χ1) is 8.77. The van der Waals surface area contributed by atoms with Gasteiger partial charge in [0.25, 0.3) is 0 Å². The predicted octanol–water partition coefficient (Wildman–Crippen LogP) is 0.510. The second-order valence-corrected chi connectivity index (χ2v) is 8.13. The van der Waals surface area contributed by atoms with Gasteiger partial charge in [-0.3, -0.25) is 4.90 Å². The molecule has 0 aromatic carbocycles. The van der Waals surface area contributed by atoms with Crippen molar-refractivity contribution in [2.45, 2.75) is 38.3 Å². The molecule has 5 nitrogen and oxygen atoms in total. The topological polar surface area (TPSA) is 58.6 Å². The van der Waals surface area contributed by atoms with Gasteiger partial charge in [0, 0.05) is 36.7 Å². The maximum atomic E-state index is 11.2. The van der Waals surface area contributed by atoms with Crippen LogP contribution in [-0.4, -0.2) is 70.3 Å². The van der Waals surface area contributed by atoms with Crippen LogP contribution in [0.25, 0.3) is 0 Å². The molecule has 6 heteroatoms. The Morgan fingerprint density at radius 1 is 1.32 bits per heavy atom. The van der Waals surface area contributed by atoms with Crippen molar-refractivity contribution in [2.75, 3.05) is 45.4 Å². The van der Waals surface area contributed by atoms with Crippen LogP contribution in [0, 0.1) is 0 Å². The standard InChI is InChI=1S/C13H28N2O3S/c1-13(2,15-7-9-18-10-8-15)12(14-3)6-5-11-19(4,16)17/h12,14H,5-11H2,1-4H3. The minimum atomic E-state index is -2.86. The Balaban J connectivity index is 2.55. The minimum absolute atomic E-state index is 0.00995. The van der Waals surface area contributed by atoms with Crippen molar-refractivity contribution in [3.8, 4) is 0 Å². The van der Waals surface area contributed by atoms with E-state index in [0.29, 0.717) is 6.42 Å². The molecule has 1 atom stereocenters. The molecule has 1 fully saturated rings. The second kappa shape index (κ2) is 7.02. The number of nitrogens with zero attached hydrogens (tertiary/aromatic N) is 1. The van der Waals surface area contributed by atoms with Crippen LogP contribution < -0.4 is 5.32 Å². The molecule has 0 aliphatic carbocycles. The number of sulfone groups is 1. The average Bonchev–Trinajstić information content (AvgIpc) is 2.34. The van der Waals surface area contributed by atoms with E-state index >= 15 is 0 Å². The molecule has 1 unspecified atom stereocenters. The third kappa shape index (κ3) is 5.38. The first kappa shape index (κ1) is 16.9. The molecule has 1 aliphatic heterocycles. The molecular formula is C13H28N2O3S. The van der Waals surface area contributed by atoms with Crippen LogP contribution in [-0.2, 0) is 14.6 Å². The maximum absolute atomic E-state index is 11.2. The Labute approximate surface area is 117 Å². The number of ether oxygens (including phenoxy) is 1. The first-order valence-electron chi connectivity index (χ1n) is 6.95. The third-order valence-electron chi connectivity index (χ3n) is 4.04. The van der Waals surface area contributed by atoms with Crippen molar-refractivity contribution in [1.29, 1.82) is 0 Å². The Hall–Kier alpha value is -0.170. The summed E-state index contributed by atoms with van der Waals surface area (Å²) >= 11 is 0. The van der Waals surface area contributed by atoms with E-state index < -0.39 is 9.84 Å². The molecule has 1 N–H and O–H groups in total. The molecule has 0 aromatic rings. The van der Waals surface area contributed by atoms with Crippen LogP contribution in [0.5, 0.6) is 0 Å². The van der Waals surface area contributed by atoms with Gasteiger partial charge in [0.1, 0.15) is 9.84 Å². The summed E-state index contributed by atoms with van der Waals surface area (Å²) < 4.78 is 27.8. The van der Waals surface area contributed by atoms with Gasteiger partial charge in [-0.05, 0) is 33.7 Å². The zero-order valence-corrected chi connectivity index (χ0v) is 13.4. The fourth-order valence-corrected chi connectivity index (χ4v) is 3.45. The van der Waals surface area contributed by atoms with Crippen molar-refractivity contribution < 1.29 is 13.2 Å². The molecule has 0 radical (unpaired) electrons. The lowest BCUT2D eigenvalue weighted by Crippen LogP contribution is -2.59. The van der Waals surface area contributed by atoms with Crippen molar-refractivity contribution in [3.05, 3.63) is 0 Å². The minimum Gasteiger partial charge on any atom is -0.379 e. The summed E-state index contributed by atoms with van der Waals surface area (Å²) in [6.45, 7) is 7.89. The van der Waals surface area contributed by atoms with Crippen LogP contribution in [0.4, 0.5) is 0 Å². The molecule has 19 heavy (non-hydrogen) atoms. The SMILES string of the molecule is CNC(CCCS(C)(=O)=O)C(C)(C)N1CCOCC1. The van der Waals surface area contributed by atoms with Crippen LogP contribution in [0.15, 0.2) is 0 Å². The van der Waals surface area contributed by atoms with Crippen LogP contribution in [0.1, 0.15) is 26.7 Å². The fourth-order valence-electron chi connectivity index (χ4n) is 2.76. The van der Waals surface area contributed by atoms with E-state index in [-0.39, 0.29) is 17.3 Å². The average molecular weight is 292 g/mol. The molecule has 114 valence electrons. The Morgan fingerprint density at radius 3 is 2.37 bits per heavy atom. The van der Waals surface area contributed by atoms with Gasteiger partial charge in [-0.15, -0.1) is 0 Å². The van der Waals surface area contributed by atoms with E-state index in [0.717, 1.165) is 32.7 Å². The summed E-state index contributed by atoms with van der Waals surface area (Å²) in [6.07, 6.45) is 2.88. The molecule has 0 saturated carbocycles. The van der Waals surface area contributed by atoms with Crippen molar-refractivity contribution in [3.63, 3.8) is 0 Å². The smallest absolute Gasteiger partial charge is 0.147 e. The lowest BCUT2D eigenvalue weighted by Gasteiger charge is -2.46. The molecule has 1 heterocycles. The number of rotatable bonds is 7. The van der Waals surface area contributed by atoms with Gasteiger partial charge in [-0.25, -0.2) is 8.42 Å². The largest absolute Gasteiger partial charge is 0.379 e. The van der Waals surface area contributed by atoms with Gasteiger partial charge in [-0.1, -0.05) is 0 Å². The van der Waals surface area contributed by atoms with E-state index in [4.69, 9.17) is 4.74 Å². The van der Waals surface area contributed by atoms with Gasteiger partial charge < -0.3 is 10.1 Å². The highest BCUT2D eigenvalue weighted by Gasteiger charge is 2.35. The fraction of sp³-hybridized carbons (Fsp3) is 1.00. The highest BCUT2D eigenvalue weighted by Crippen LogP contribution is 2.23. The molecule has 0 bridgehead atoms. The quantitative estimate of drug-likeness (QED) is 0.741. The molecule has 0 spiro atoms.